The summed E-state index contributed by atoms with van der Waals surface area (Å²) < 4.78 is 11.1. The summed E-state index contributed by atoms with van der Waals surface area (Å²) in [5.74, 6) is -2.31. The molecule has 1 aliphatic heterocycles. The smallest absolute Gasteiger partial charge is 0.311 e. The van der Waals surface area contributed by atoms with Gasteiger partial charge in [-0.05, 0) is 36.4 Å². The molecule has 0 aliphatic carbocycles. The molecule has 3 rings (SSSR count). The van der Waals surface area contributed by atoms with Crippen LogP contribution in [0.1, 0.15) is 16.8 Å². The second-order valence-electron chi connectivity index (χ2n) is 6.69. The number of para-hydroxylation sites is 2. The number of rotatable bonds is 6. The fourth-order valence-corrected chi connectivity index (χ4v) is 3.31. The lowest BCUT2D eigenvalue weighted by Gasteiger charge is -2.19. The summed E-state index contributed by atoms with van der Waals surface area (Å²) >= 11 is 3.27. The first-order valence-corrected chi connectivity index (χ1v) is 10.1. The van der Waals surface area contributed by atoms with Gasteiger partial charge in [0.1, 0.15) is 5.75 Å². The van der Waals surface area contributed by atoms with Crippen molar-refractivity contribution in [2.24, 2.45) is 5.92 Å². The summed E-state index contributed by atoms with van der Waals surface area (Å²) in [5.41, 5.74) is 5.33. The minimum Gasteiger partial charge on any atom is -0.495 e. The lowest BCUT2D eigenvalue weighted by atomic mass is 10.1. The Morgan fingerprint density at radius 3 is 2.52 bits per heavy atom. The highest BCUT2D eigenvalue weighted by Crippen LogP contribution is 2.33. The van der Waals surface area contributed by atoms with E-state index in [1.54, 1.807) is 48.5 Å². The summed E-state index contributed by atoms with van der Waals surface area (Å²) in [6.45, 7) is -0.460. The van der Waals surface area contributed by atoms with Crippen molar-refractivity contribution in [3.63, 3.8) is 0 Å². The van der Waals surface area contributed by atoms with Crippen LogP contribution < -0.4 is 20.5 Å². The Hall–Kier alpha value is -3.40. The van der Waals surface area contributed by atoms with E-state index in [4.69, 9.17) is 9.47 Å². The third-order valence-electron chi connectivity index (χ3n) is 4.60. The summed E-state index contributed by atoms with van der Waals surface area (Å²) in [6, 6.07) is 13.5. The Balaban J connectivity index is 1.47. The molecule has 1 unspecified atom stereocenters. The van der Waals surface area contributed by atoms with Crippen molar-refractivity contribution >= 4 is 45.3 Å². The lowest BCUT2D eigenvalue weighted by molar-refractivity contribution is -0.152. The molecule has 9 nitrogen and oxygen atoms in total. The molecule has 1 saturated heterocycles. The molecule has 3 amide bonds. The molecule has 1 heterocycles. The second-order valence-corrected chi connectivity index (χ2v) is 7.61. The lowest BCUT2D eigenvalue weighted by Crippen LogP contribution is -2.43. The molecule has 0 spiro atoms. The zero-order valence-corrected chi connectivity index (χ0v) is 18.2. The van der Waals surface area contributed by atoms with Crippen molar-refractivity contribution in [3.05, 3.63) is 58.6 Å². The van der Waals surface area contributed by atoms with Crippen molar-refractivity contribution in [1.29, 1.82) is 0 Å². The van der Waals surface area contributed by atoms with Gasteiger partial charge in [0.05, 0.1) is 18.7 Å². The van der Waals surface area contributed by atoms with Gasteiger partial charge in [0, 0.05) is 23.0 Å². The number of nitrogens with zero attached hydrogens (tertiary/aromatic N) is 1. The number of hydrogen-bond acceptors (Lipinski definition) is 6. The zero-order valence-electron chi connectivity index (χ0n) is 16.6. The monoisotopic (exact) mass is 489 g/mol. The first-order valence-electron chi connectivity index (χ1n) is 9.34. The predicted molar refractivity (Wildman–Crippen MR) is 114 cm³/mol. The molecule has 0 radical (unpaired) electrons. The number of ether oxygens (including phenoxy) is 2. The topological polar surface area (TPSA) is 114 Å². The zero-order chi connectivity index (χ0) is 22.4. The van der Waals surface area contributed by atoms with Gasteiger partial charge in [-0.2, -0.15) is 0 Å². The van der Waals surface area contributed by atoms with Crippen LogP contribution in [0.3, 0.4) is 0 Å². The number of benzene rings is 2. The third kappa shape index (κ3) is 5.60. The van der Waals surface area contributed by atoms with Crippen LogP contribution in [0.5, 0.6) is 5.75 Å². The van der Waals surface area contributed by atoms with Crippen LogP contribution >= 0.6 is 15.9 Å². The maximum absolute atomic E-state index is 12.4. The van der Waals surface area contributed by atoms with Crippen molar-refractivity contribution in [2.45, 2.75) is 6.42 Å². The average Bonchev–Trinajstić information content (AvgIpc) is 3.17. The van der Waals surface area contributed by atoms with E-state index in [1.165, 1.54) is 12.0 Å². The molecule has 162 valence electrons. The van der Waals surface area contributed by atoms with Crippen LogP contribution in [0, 0.1) is 5.92 Å². The van der Waals surface area contributed by atoms with E-state index in [0.717, 1.165) is 4.47 Å². The predicted octanol–water partition coefficient (Wildman–Crippen LogP) is 1.82. The highest BCUT2D eigenvalue weighted by atomic mass is 79.9. The average molecular weight is 490 g/mol. The van der Waals surface area contributed by atoms with Gasteiger partial charge in [0.2, 0.25) is 5.91 Å². The van der Waals surface area contributed by atoms with E-state index in [0.29, 0.717) is 17.0 Å². The quantitative estimate of drug-likeness (QED) is 0.472. The van der Waals surface area contributed by atoms with Crippen molar-refractivity contribution < 1.29 is 28.7 Å². The van der Waals surface area contributed by atoms with Gasteiger partial charge in [-0.3, -0.25) is 30.0 Å². The second kappa shape index (κ2) is 10.1. The Morgan fingerprint density at radius 1 is 1.10 bits per heavy atom. The SMILES string of the molecule is COc1ccccc1N1CC(C(=O)OCC(=O)NNC(=O)c2ccc(Br)cc2)CC1=O. The fourth-order valence-electron chi connectivity index (χ4n) is 3.04. The number of carbonyl (C=O) groups excluding carboxylic acids is 4. The van der Waals surface area contributed by atoms with Gasteiger partial charge in [-0.15, -0.1) is 0 Å². The summed E-state index contributed by atoms with van der Waals surface area (Å²) in [4.78, 5) is 50.0. The number of esters is 1. The number of anilines is 1. The first-order chi connectivity index (χ1) is 14.9. The molecular formula is C21H20BrN3O6. The number of methoxy groups -OCH3 is 1. The van der Waals surface area contributed by atoms with Gasteiger partial charge in [-0.1, -0.05) is 28.1 Å². The third-order valence-corrected chi connectivity index (χ3v) is 5.13. The number of hydrazine groups is 1. The van der Waals surface area contributed by atoms with Crippen LogP contribution in [-0.4, -0.2) is 44.0 Å². The standard InChI is InChI=1S/C21H20BrN3O6/c1-30-17-5-3-2-4-16(17)25-11-14(10-19(25)27)21(29)31-12-18(26)23-24-20(28)13-6-8-15(22)9-7-13/h2-9,14H,10-12H2,1H3,(H,23,26)(H,24,28). The number of carbonyl (C=O) groups is 4. The summed E-state index contributed by atoms with van der Waals surface area (Å²) in [6.07, 6.45) is -0.0290. The summed E-state index contributed by atoms with van der Waals surface area (Å²) in [5, 5.41) is 0. The largest absolute Gasteiger partial charge is 0.495 e. The van der Waals surface area contributed by atoms with Crippen molar-refractivity contribution in [2.75, 3.05) is 25.2 Å². The van der Waals surface area contributed by atoms with Gasteiger partial charge >= 0.3 is 5.97 Å². The molecule has 10 heteroatoms. The Morgan fingerprint density at radius 2 is 1.81 bits per heavy atom. The van der Waals surface area contributed by atoms with Gasteiger partial charge in [-0.25, -0.2) is 0 Å². The summed E-state index contributed by atoms with van der Waals surface area (Å²) in [7, 11) is 1.50. The van der Waals surface area contributed by atoms with E-state index in [2.05, 4.69) is 26.8 Å². The van der Waals surface area contributed by atoms with E-state index in [1.807, 2.05) is 0 Å². The molecule has 1 aliphatic rings. The fraction of sp³-hybridized carbons (Fsp3) is 0.238. The van der Waals surface area contributed by atoms with Crippen LogP contribution in [0.4, 0.5) is 5.69 Å². The molecule has 0 aromatic heterocycles. The van der Waals surface area contributed by atoms with Gasteiger partial charge < -0.3 is 14.4 Å². The number of amides is 3. The molecule has 2 N–H and O–H groups in total. The molecule has 1 fully saturated rings. The Labute approximate surface area is 186 Å². The normalized spacial score (nSPS) is 15.4. The van der Waals surface area contributed by atoms with Crippen LogP contribution in [0.25, 0.3) is 0 Å². The minimum absolute atomic E-state index is 0.0290. The van der Waals surface area contributed by atoms with E-state index >= 15 is 0 Å². The van der Waals surface area contributed by atoms with Crippen LogP contribution in [-0.2, 0) is 19.1 Å². The number of nitrogens with one attached hydrogen (secondary N) is 2. The molecule has 31 heavy (non-hydrogen) atoms. The van der Waals surface area contributed by atoms with Crippen molar-refractivity contribution in [1.82, 2.24) is 10.9 Å². The molecule has 2 aromatic carbocycles. The Kier molecular flexibility index (Phi) is 7.24. The van der Waals surface area contributed by atoms with Gasteiger partial charge in [0.25, 0.3) is 11.8 Å². The maximum atomic E-state index is 12.4. The van der Waals surface area contributed by atoms with Gasteiger partial charge in [0.15, 0.2) is 6.61 Å². The van der Waals surface area contributed by atoms with Crippen LogP contribution in [0.15, 0.2) is 53.0 Å². The highest BCUT2D eigenvalue weighted by Gasteiger charge is 2.37. The molecule has 0 saturated carbocycles. The van der Waals surface area contributed by atoms with E-state index < -0.39 is 30.3 Å². The van der Waals surface area contributed by atoms with E-state index in [9.17, 15) is 19.2 Å². The van der Waals surface area contributed by atoms with Crippen molar-refractivity contribution in [3.8, 4) is 5.75 Å². The molecule has 2 aromatic rings. The molecule has 1 atom stereocenters. The molecule has 0 bridgehead atoms. The number of hydrogen-bond donors (Lipinski definition) is 2. The van der Waals surface area contributed by atoms with E-state index in [-0.39, 0.29) is 18.9 Å². The number of halogens is 1. The molecular weight excluding hydrogens is 470 g/mol. The Bertz CT molecular complexity index is 995. The maximum Gasteiger partial charge on any atom is 0.311 e. The minimum atomic E-state index is -0.706. The first kappa shape index (κ1) is 22.3. The van der Waals surface area contributed by atoms with Crippen LogP contribution in [0.2, 0.25) is 0 Å². The highest BCUT2D eigenvalue weighted by molar-refractivity contribution is 9.10.